The van der Waals surface area contributed by atoms with Crippen molar-refractivity contribution in [1.82, 2.24) is 18.7 Å². The number of benzene rings is 7. The van der Waals surface area contributed by atoms with Gasteiger partial charge in [0.25, 0.3) is 0 Å². The molecule has 0 amide bonds. The number of aromatic nitrogens is 4. The zero-order valence-corrected chi connectivity index (χ0v) is 33.4. The average molecular weight is 903 g/mol. The van der Waals surface area contributed by atoms with E-state index in [1.807, 2.05) is 6.20 Å². The van der Waals surface area contributed by atoms with E-state index in [1.54, 1.807) is 0 Å². The largest absolute Gasteiger partial charge is 0.319 e. The van der Waals surface area contributed by atoms with Gasteiger partial charge in [-0.15, -0.1) is 22.7 Å². The molecule has 0 unspecified atom stereocenters. The van der Waals surface area contributed by atoms with Gasteiger partial charge in [-0.3, -0.25) is 0 Å². The van der Waals surface area contributed by atoms with E-state index >= 15 is 0 Å². The van der Waals surface area contributed by atoms with Crippen molar-refractivity contribution >= 4 is 61.7 Å². The fourth-order valence-corrected chi connectivity index (χ4v) is 12.8. The fraction of sp³-hybridized carbons (Fsp3) is 0.0204. The molecule has 0 N–H and O–H groups in total. The Bertz CT molecular complexity index is 2920. The van der Waals surface area contributed by atoms with Crippen LogP contribution in [0.1, 0.15) is 0 Å². The summed E-state index contributed by atoms with van der Waals surface area (Å²) in [6.07, 6.45) is 4.07. The molecule has 0 radical (unpaired) electrons. The van der Waals surface area contributed by atoms with E-state index in [9.17, 15) is 0 Å². The Kier molecular flexibility index (Phi) is 8.98. The molecule has 0 aliphatic heterocycles. The molecule has 266 valence electrons. The Hall–Kier alpha value is -6.13. The molecule has 0 atom stereocenters. The van der Waals surface area contributed by atoms with Crippen LogP contribution in [0.5, 0.6) is 0 Å². The van der Waals surface area contributed by atoms with Crippen molar-refractivity contribution in [2.24, 2.45) is 7.05 Å². The minimum atomic E-state index is -3.04. The molecule has 3 aromatic heterocycles. The topological polar surface area (TPSA) is 27.7 Å². The van der Waals surface area contributed by atoms with Crippen molar-refractivity contribution in [3.05, 3.63) is 207 Å². The molecule has 55 heavy (non-hydrogen) atoms. The number of hydrogen-bond acceptors (Lipinski definition) is 1. The first-order valence-corrected chi connectivity index (χ1v) is 20.3. The summed E-state index contributed by atoms with van der Waals surface area (Å²) in [5, 5.41) is 7.20. The third-order valence-electron chi connectivity index (χ3n) is 10.7. The third kappa shape index (κ3) is 5.70. The number of pyridine rings is 1. The quantitative estimate of drug-likeness (QED) is 0.0899. The minimum absolute atomic E-state index is 0. The Labute approximate surface area is 335 Å². The molecule has 0 aliphatic rings. The van der Waals surface area contributed by atoms with Gasteiger partial charge in [0.05, 0.1) is 0 Å². The molecule has 4 nitrogen and oxygen atoms in total. The van der Waals surface area contributed by atoms with Crippen LogP contribution in [0, 0.1) is 12.1 Å². The van der Waals surface area contributed by atoms with Crippen LogP contribution >= 0.6 is 0 Å². The Morgan fingerprint density at radius 1 is 0.527 bits per heavy atom. The van der Waals surface area contributed by atoms with Crippen molar-refractivity contribution in [1.29, 1.82) is 0 Å². The van der Waals surface area contributed by atoms with Gasteiger partial charge in [0.2, 0.25) is 0 Å². The number of hydrogen-bond donors (Lipinski definition) is 0. The summed E-state index contributed by atoms with van der Waals surface area (Å²) >= 11 is 0. The summed E-state index contributed by atoms with van der Waals surface area (Å²) in [6.45, 7) is 0. The average Bonchev–Trinajstić information content (AvgIpc) is 3.77. The first-order chi connectivity index (χ1) is 26.7. The molecule has 0 aliphatic carbocycles. The second kappa shape index (κ2) is 14.3. The molecular weight excluding hydrogens is 868 g/mol. The van der Waals surface area contributed by atoms with Gasteiger partial charge in [-0.05, 0) is 57.2 Å². The van der Waals surface area contributed by atoms with E-state index in [-0.39, 0.29) is 21.1 Å². The Morgan fingerprint density at radius 3 is 1.87 bits per heavy atom. The molecule has 10 aromatic rings. The van der Waals surface area contributed by atoms with Gasteiger partial charge in [-0.25, -0.2) is 14.1 Å². The Balaban J connectivity index is 0.00000397. The maximum absolute atomic E-state index is 4.99. The van der Waals surface area contributed by atoms with Crippen molar-refractivity contribution in [3.63, 3.8) is 0 Å². The monoisotopic (exact) mass is 902 g/mol. The summed E-state index contributed by atoms with van der Waals surface area (Å²) in [6, 6.07) is 73.4. The van der Waals surface area contributed by atoms with Crippen molar-refractivity contribution in [2.45, 2.75) is 0 Å². The van der Waals surface area contributed by atoms with Crippen LogP contribution in [0.2, 0.25) is 0 Å². The van der Waals surface area contributed by atoms with Gasteiger partial charge in [0.15, 0.2) is 17.4 Å². The van der Waals surface area contributed by atoms with Crippen molar-refractivity contribution < 1.29 is 21.1 Å². The van der Waals surface area contributed by atoms with Crippen molar-refractivity contribution in [2.75, 3.05) is 0 Å². The van der Waals surface area contributed by atoms with Crippen molar-refractivity contribution in [3.8, 4) is 22.6 Å². The molecule has 0 saturated heterocycles. The van der Waals surface area contributed by atoms with E-state index in [0.29, 0.717) is 0 Å². The maximum Gasteiger partial charge on any atom is 0.188 e. The summed E-state index contributed by atoms with van der Waals surface area (Å²) < 4.78 is 6.72. The molecule has 0 fully saturated rings. The van der Waals surface area contributed by atoms with E-state index in [2.05, 4.69) is 221 Å². The van der Waals surface area contributed by atoms with Gasteiger partial charge < -0.3 is 4.57 Å². The molecular formula is C49H35N4PtSi-. The molecule has 6 heteroatoms. The van der Waals surface area contributed by atoms with Gasteiger partial charge in [-0.1, -0.05) is 115 Å². The van der Waals surface area contributed by atoms with Gasteiger partial charge in [0.1, 0.15) is 13.9 Å². The second-order valence-corrected chi connectivity index (χ2v) is 17.5. The van der Waals surface area contributed by atoms with Crippen LogP contribution in [0.4, 0.5) is 0 Å². The van der Waals surface area contributed by atoms with Crippen LogP contribution in [0.15, 0.2) is 195 Å². The first-order valence-electron chi connectivity index (χ1n) is 18.3. The molecule has 0 spiro atoms. The molecule has 3 heterocycles. The number of imidazole rings is 1. The summed E-state index contributed by atoms with van der Waals surface area (Å²) in [4.78, 5) is 4.99. The summed E-state index contributed by atoms with van der Waals surface area (Å²) in [7, 11) is -0.943. The maximum atomic E-state index is 4.99. The minimum Gasteiger partial charge on any atom is -0.319 e. The van der Waals surface area contributed by atoms with Crippen LogP contribution in [0.25, 0.3) is 55.5 Å². The van der Waals surface area contributed by atoms with Crippen LogP contribution < -0.4 is 20.7 Å². The van der Waals surface area contributed by atoms with E-state index in [4.69, 9.17) is 4.98 Å². The number of para-hydroxylation sites is 3. The van der Waals surface area contributed by atoms with Crippen LogP contribution in [-0.2, 0) is 28.1 Å². The van der Waals surface area contributed by atoms with Crippen LogP contribution in [0.3, 0.4) is 0 Å². The van der Waals surface area contributed by atoms with E-state index in [1.165, 1.54) is 26.5 Å². The standard InChI is InChI=1S/C49H35N4Si.Pt/c1-51-35-52(47-27-14-13-26-46(47)51)38-18-15-23-41(33-38)54(39-19-7-3-8-20-39,40-21-9-4-10-22-40)42-28-29-44-43-24-11-12-25-45(43)53(48(44)34-42)49-32-37(30-31-50-49)36-16-5-2-6-17-36;/h2-32,35H,1H3;/q-1;. The number of fused-ring (bicyclic) bond motifs is 4. The zero-order valence-electron chi connectivity index (χ0n) is 30.1. The molecule has 0 saturated carbocycles. The summed E-state index contributed by atoms with van der Waals surface area (Å²) in [5.74, 6) is 0.864. The predicted octanol–water partition coefficient (Wildman–Crippen LogP) is 8.38. The molecule has 0 bridgehead atoms. The van der Waals surface area contributed by atoms with E-state index < -0.39 is 8.07 Å². The first kappa shape index (κ1) is 34.6. The van der Waals surface area contributed by atoms with Gasteiger partial charge >= 0.3 is 0 Å². The third-order valence-corrected chi connectivity index (χ3v) is 15.3. The summed E-state index contributed by atoms with van der Waals surface area (Å²) in [5.41, 5.74) is 7.71. The predicted molar refractivity (Wildman–Crippen MR) is 226 cm³/mol. The van der Waals surface area contributed by atoms with Gasteiger partial charge in [0, 0.05) is 57.6 Å². The molecule has 10 rings (SSSR count). The second-order valence-electron chi connectivity index (χ2n) is 13.8. The Morgan fingerprint density at radius 2 is 1.15 bits per heavy atom. The van der Waals surface area contributed by atoms with E-state index in [0.717, 1.165) is 49.8 Å². The number of nitrogens with zero attached hydrogens (tertiary/aromatic N) is 4. The fourth-order valence-electron chi connectivity index (χ4n) is 8.28. The smallest absolute Gasteiger partial charge is 0.188 e. The number of aryl methyl sites for hydroxylation is 1. The normalized spacial score (nSPS) is 11.6. The zero-order chi connectivity index (χ0) is 36.1. The van der Waals surface area contributed by atoms with Crippen LogP contribution in [-0.4, -0.2) is 26.8 Å². The SMILES string of the molecule is Cn1[cH+]n(-c2[c-]c([Si](c3[c-]c4c(cc3)c3ccccc3n4-c3cc(-c4ccccc4)ccn3)(c3ccccc3)c3ccccc3)ccc2)c2ccccc21.[Pt]. The van der Waals surface area contributed by atoms with Gasteiger partial charge in [-0.2, -0.15) is 35.5 Å². The molecule has 7 aromatic carbocycles. The number of rotatable bonds is 7.